The fraction of sp³-hybridized carbons (Fsp3) is 0.500. The number of rotatable bonds is 8. The minimum atomic E-state index is -0.709. The molecule has 0 aromatic heterocycles. The zero-order chi connectivity index (χ0) is 16.4. The Bertz CT molecular complexity index is 474. The molecule has 1 atom stereocenters. The Balaban J connectivity index is 2.33. The number of amides is 2. The van der Waals surface area contributed by atoms with E-state index in [0.29, 0.717) is 19.0 Å². The van der Waals surface area contributed by atoms with Crippen molar-refractivity contribution in [1.29, 1.82) is 0 Å². The lowest BCUT2D eigenvalue weighted by Gasteiger charge is -2.15. The van der Waals surface area contributed by atoms with Gasteiger partial charge in [0.2, 0.25) is 5.91 Å². The number of aryl methyl sites for hydroxylation is 1. The Morgan fingerprint density at radius 1 is 1.14 bits per heavy atom. The third kappa shape index (κ3) is 6.58. The van der Waals surface area contributed by atoms with Crippen molar-refractivity contribution in [3.05, 3.63) is 29.8 Å². The van der Waals surface area contributed by atoms with Crippen LogP contribution in [0.1, 0.15) is 32.8 Å². The van der Waals surface area contributed by atoms with Gasteiger partial charge in [-0.15, -0.1) is 0 Å². The molecular formula is C16H24N2O4. The first-order valence-electron chi connectivity index (χ1n) is 7.48. The third-order valence-corrected chi connectivity index (χ3v) is 3.02. The van der Waals surface area contributed by atoms with Gasteiger partial charge >= 0.3 is 0 Å². The first-order valence-corrected chi connectivity index (χ1v) is 7.48. The van der Waals surface area contributed by atoms with E-state index in [-0.39, 0.29) is 12.3 Å². The van der Waals surface area contributed by atoms with Crippen molar-refractivity contribution in [3.8, 4) is 5.75 Å². The van der Waals surface area contributed by atoms with E-state index in [1.807, 2.05) is 31.2 Å². The lowest BCUT2D eigenvalue weighted by atomic mass is 10.2. The predicted octanol–water partition coefficient (Wildman–Crippen LogP) is 1.59. The normalized spacial score (nSPS) is 11.6. The molecule has 0 aliphatic heterocycles. The molecule has 122 valence electrons. The van der Waals surface area contributed by atoms with Gasteiger partial charge in [0.1, 0.15) is 5.75 Å². The van der Waals surface area contributed by atoms with Crippen molar-refractivity contribution in [2.75, 3.05) is 13.2 Å². The van der Waals surface area contributed by atoms with Gasteiger partial charge in [0.25, 0.3) is 5.91 Å². The number of hydrazine groups is 1. The van der Waals surface area contributed by atoms with E-state index < -0.39 is 12.0 Å². The number of hydrogen-bond donors (Lipinski definition) is 2. The van der Waals surface area contributed by atoms with Crippen molar-refractivity contribution in [2.24, 2.45) is 0 Å². The maximum Gasteiger partial charge on any atom is 0.279 e. The van der Waals surface area contributed by atoms with Crippen LogP contribution in [-0.4, -0.2) is 31.1 Å². The summed E-state index contributed by atoms with van der Waals surface area (Å²) in [6.45, 7) is 6.43. The molecular weight excluding hydrogens is 284 g/mol. The Hall–Kier alpha value is -2.08. The fourth-order valence-electron chi connectivity index (χ4n) is 1.67. The van der Waals surface area contributed by atoms with Crippen LogP contribution in [-0.2, 0) is 20.7 Å². The summed E-state index contributed by atoms with van der Waals surface area (Å²) in [7, 11) is 0. The van der Waals surface area contributed by atoms with Crippen molar-refractivity contribution in [1.82, 2.24) is 10.9 Å². The molecule has 0 bridgehead atoms. The Morgan fingerprint density at radius 3 is 2.41 bits per heavy atom. The molecule has 0 saturated heterocycles. The number of ether oxygens (including phenoxy) is 2. The quantitative estimate of drug-likeness (QED) is 0.565. The number of benzene rings is 1. The van der Waals surface area contributed by atoms with E-state index in [0.717, 1.165) is 6.42 Å². The van der Waals surface area contributed by atoms with Gasteiger partial charge in [0.15, 0.2) is 6.10 Å². The molecule has 0 radical (unpaired) electrons. The van der Waals surface area contributed by atoms with Gasteiger partial charge in [-0.3, -0.25) is 20.4 Å². The zero-order valence-electron chi connectivity index (χ0n) is 13.3. The minimum absolute atomic E-state index is 0.196. The average molecular weight is 308 g/mol. The largest absolute Gasteiger partial charge is 0.481 e. The lowest BCUT2D eigenvalue weighted by Crippen LogP contribution is -2.47. The molecule has 0 spiro atoms. The van der Waals surface area contributed by atoms with Gasteiger partial charge in [-0.25, -0.2) is 0 Å². The van der Waals surface area contributed by atoms with E-state index >= 15 is 0 Å². The van der Waals surface area contributed by atoms with Crippen LogP contribution in [0.25, 0.3) is 0 Å². The van der Waals surface area contributed by atoms with E-state index in [9.17, 15) is 9.59 Å². The van der Waals surface area contributed by atoms with Crippen LogP contribution in [0, 0.1) is 0 Å². The topological polar surface area (TPSA) is 76.7 Å². The van der Waals surface area contributed by atoms with Crippen LogP contribution in [0.3, 0.4) is 0 Å². The number of carbonyl (C=O) groups is 2. The second-order valence-corrected chi connectivity index (χ2v) is 4.74. The molecule has 0 aliphatic carbocycles. The SMILES string of the molecule is CCOCCC(=O)NNC(=O)C(C)Oc1ccc(CC)cc1. The second kappa shape index (κ2) is 9.78. The summed E-state index contributed by atoms with van der Waals surface area (Å²) in [4.78, 5) is 23.2. The highest BCUT2D eigenvalue weighted by molar-refractivity contribution is 5.84. The van der Waals surface area contributed by atoms with Gasteiger partial charge in [-0.05, 0) is 38.0 Å². The molecule has 0 saturated carbocycles. The van der Waals surface area contributed by atoms with Crippen LogP contribution >= 0.6 is 0 Å². The highest BCUT2D eigenvalue weighted by atomic mass is 16.5. The van der Waals surface area contributed by atoms with Crippen molar-refractivity contribution < 1.29 is 19.1 Å². The Morgan fingerprint density at radius 2 is 1.82 bits per heavy atom. The first-order chi connectivity index (χ1) is 10.6. The predicted molar refractivity (Wildman–Crippen MR) is 83.3 cm³/mol. The van der Waals surface area contributed by atoms with E-state index in [1.165, 1.54) is 5.56 Å². The Labute approximate surface area is 131 Å². The molecule has 0 heterocycles. The highest BCUT2D eigenvalue weighted by Gasteiger charge is 2.15. The minimum Gasteiger partial charge on any atom is -0.481 e. The fourth-order valence-corrected chi connectivity index (χ4v) is 1.67. The van der Waals surface area contributed by atoms with Gasteiger partial charge in [0, 0.05) is 6.61 Å². The molecule has 6 nitrogen and oxygen atoms in total. The molecule has 22 heavy (non-hydrogen) atoms. The van der Waals surface area contributed by atoms with Crippen molar-refractivity contribution in [3.63, 3.8) is 0 Å². The monoisotopic (exact) mass is 308 g/mol. The molecule has 1 aromatic rings. The summed E-state index contributed by atoms with van der Waals surface area (Å²) >= 11 is 0. The smallest absolute Gasteiger partial charge is 0.279 e. The summed E-state index contributed by atoms with van der Waals surface area (Å²) in [6.07, 6.45) is 0.436. The van der Waals surface area contributed by atoms with Crippen molar-refractivity contribution in [2.45, 2.75) is 39.7 Å². The summed E-state index contributed by atoms with van der Waals surface area (Å²) in [5.74, 6) is -0.104. The highest BCUT2D eigenvalue weighted by Crippen LogP contribution is 2.14. The maximum absolute atomic E-state index is 11.8. The van der Waals surface area contributed by atoms with Crippen LogP contribution in [0.15, 0.2) is 24.3 Å². The molecule has 1 rings (SSSR count). The van der Waals surface area contributed by atoms with Crippen LogP contribution in [0.2, 0.25) is 0 Å². The van der Waals surface area contributed by atoms with Gasteiger partial charge in [0.05, 0.1) is 13.0 Å². The van der Waals surface area contributed by atoms with Crippen LogP contribution in [0.5, 0.6) is 5.75 Å². The van der Waals surface area contributed by atoms with Crippen LogP contribution < -0.4 is 15.6 Å². The number of nitrogens with one attached hydrogen (secondary N) is 2. The van der Waals surface area contributed by atoms with Crippen LogP contribution in [0.4, 0.5) is 0 Å². The first kappa shape index (κ1) is 18.0. The molecule has 0 aliphatic rings. The summed E-state index contributed by atoms with van der Waals surface area (Å²) < 4.78 is 10.6. The number of carbonyl (C=O) groups excluding carboxylic acids is 2. The Kier molecular flexibility index (Phi) is 7.99. The molecule has 1 aromatic carbocycles. The van der Waals surface area contributed by atoms with E-state index in [4.69, 9.17) is 9.47 Å². The van der Waals surface area contributed by atoms with Gasteiger partial charge in [-0.2, -0.15) is 0 Å². The number of hydrogen-bond acceptors (Lipinski definition) is 4. The van der Waals surface area contributed by atoms with E-state index in [1.54, 1.807) is 6.92 Å². The molecule has 2 amide bonds. The summed E-state index contributed by atoms with van der Waals surface area (Å²) in [6, 6.07) is 7.55. The maximum atomic E-state index is 11.8. The lowest BCUT2D eigenvalue weighted by molar-refractivity contribution is -0.133. The second-order valence-electron chi connectivity index (χ2n) is 4.74. The van der Waals surface area contributed by atoms with Gasteiger partial charge < -0.3 is 9.47 Å². The van der Waals surface area contributed by atoms with Gasteiger partial charge in [-0.1, -0.05) is 19.1 Å². The summed E-state index contributed by atoms with van der Waals surface area (Å²) in [5, 5.41) is 0. The molecule has 1 unspecified atom stereocenters. The molecule has 0 fully saturated rings. The summed E-state index contributed by atoms with van der Waals surface area (Å²) in [5.41, 5.74) is 5.86. The molecule has 2 N–H and O–H groups in total. The average Bonchev–Trinajstić information content (AvgIpc) is 2.53. The standard InChI is InChI=1S/C16H24N2O4/c1-4-13-6-8-14(9-7-13)22-12(3)16(20)18-17-15(19)10-11-21-5-2/h6-9,12H,4-5,10-11H2,1-3H3,(H,17,19)(H,18,20). The van der Waals surface area contributed by atoms with E-state index in [2.05, 4.69) is 17.8 Å². The zero-order valence-corrected chi connectivity index (χ0v) is 13.3. The molecule has 6 heteroatoms. The van der Waals surface area contributed by atoms with Crippen molar-refractivity contribution >= 4 is 11.8 Å². The third-order valence-electron chi connectivity index (χ3n) is 3.02.